The first-order chi connectivity index (χ1) is 10.7. The van der Waals surface area contributed by atoms with E-state index in [4.69, 9.17) is 4.74 Å². The number of likely N-dealkylation sites (tertiary alicyclic amines) is 1. The van der Waals surface area contributed by atoms with Gasteiger partial charge >= 0.3 is 6.03 Å². The Morgan fingerprint density at radius 2 is 2.09 bits per heavy atom. The third-order valence-electron chi connectivity index (χ3n) is 5.27. The van der Waals surface area contributed by atoms with Crippen LogP contribution in [0.4, 0.5) is 4.79 Å². The zero-order valence-electron chi connectivity index (χ0n) is 14.0. The lowest BCUT2D eigenvalue weighted by atomic mass is 9.77. The number of hydrogen-bond acceptors (Lipinski definition) is 3. The number of nitrogens with one attached hydrogen (secondary N) is 1. The number of piperidine rings is 1. The molecule has 5 nitrogen and oxygen atoms in total. The minimum absolute atomic E-state index is 0.0659. The summed E-state index contributed by atoms with van der Waals surface area (Å²) in [6.07, 6.45) is 9.80. The molecule has 2 rings (SSSR count). The van der Waals surface area contributed by atoms with Crippen molar-refractivity contribution in [2.75, 3.05) is 33.4 Å². The Hall–Kier alpha value is -0.810. The molecule has 0 bridgehead atoms. The molecule has 2 amide bonds. The van der Waals surface area contributed by atoms with Gasteiger partial charge in [-0.25, -0.2) is 4.79 Å². The van der Waals surface area contributed by atoms with Gasteiger partial charge in [0.1, 0.15) is 0 Å². The van der Waals surface area contributed by atoms with Crippen molar-refractivity contribution < 1.29 is 14.6 Å². The number of ether oxygens (including phenoxy) is 1. The van der Waals surface area contributed by atoms with Crippen molar-refractivity contribution in [1.29, 1.82) is 0 Å². The number of hydrogen-bond donors (Lipinski definition) is 2. The molecule has 128 valence electrons. The number of carbonyl (C=O) groups excluding carboxylic acids is 1. The zero-order chi connectivity index (χ0) is 15.8. The Bertz CT molecular complexity index is 345. The fourth-order valence-corrected chi connectivity index (χ4v) is 3.90. The molecule has 0 aromatic rings. The van der Waals surface area contributed by atoms with Crippen LogP contribution in [0.1, 0.15) is 57.8 Å². The molecule has 1 saturated heterocycles. The predicted molar refractivity (Wildman–Crippen MR) is 86.8 cm³/mol. The number of urea groups is 1. The fourth-order valence-electron chi connectivity index (χ4n) is 3.90. The SMILES string of the molecule is COCCC[C@@]1(CO)CCCN(C(=O)NC2CCCCC2)C1. The number of nitrogens with zero attached hydrogens (tertiary/aromatic N) is 1. The second kappa shape index (κ2) is 8.73. The molecule has 0 unspecified atom stereocenters. The lowest BCUT2D eigenvalue weighted by Gasteiger charge is -2.42. The van der Waals surface area contributed by atoms with Gasteiger partial charge in [0.2, 0.25) is 0 Å². The van der Waals surface area contributed by atoms with E-state index in [1.54, 1.807) is 7.11 Å². The van der Waals surface area contributed by atoms with Crippen molar-refractivity contribution in [3.05, 3.63) is 0 Å². The molecule has 5 heteroatoms. The van der Waals surface area contributed by atoms with E-state index in [1.165, 1.54) is 19.3 Å². The number of methoxy groups -OCH3 is 1. The molecule has 1 aliphatic heterocycles. The van der Waals surface area contributed by atoms with E-state index in [2.05, 4.69) is 5.32 Å². The lowest BCUT2D eigenvalue weighted by molar-refractivity contribution is 0.0321. The van der Waals surface area contributed by atoms with Crippen molar-refractivity contribution in [2.24, 2.45) is 5.41 Å². The highest BCUT2D eigenvalue weighted by Crippen LogP contribution is 2.34. The van der Waals surface area contributed by atoms with Crippen LogP contribution in [0.3, 0.4) is 0 Å². The lowest BCUT2D eigenvalue weighted by Crippen LogP contribution is -2.53. The molecule has 1 saturated carbocycles. The van der Waals surface area contributed by atoms with Crippen LogP contribution >= 0.6 is 0 Å². The van der Waals surface area contributed by atoms with E-state index in [-0.39, 0.29) is 18.1 Å². The van der Waals surface area contributed by atoms with Crippen molar-refractivity contribution in [1.82, 2.24) is 10.2 Å². The van der Waals surface area contributed by atoms with Gasteiger partial charge in [-0.1, -0.05) is 19.3 Å². The minimum atomic E-state index is -0.138. The summed E-state index contributed by atoms with van der Waals surface area (Å²) in [5.74, 6) is 0. The van der Waals surface area contributed by atoms with Gasteiger partial charge < -0.3 is 20.1 Å². The smallest absolute Gasteiger partial charge is 0.317 e. The monoisotopic (exact) mass is 312 g/mol. The van der Waals surface area contributed by atoms with Crippen LogP contribution in [0.2, 0.25) is 0 Å². The third kappa shape index (κ3) is 4.85. The van der Waals surface area contributed by atoms with Crippen LogP contribution in [0, 0.1) is 5.41 Å². The summed E-state index contributed by atoms with van der Waals surface area (Å²) in [6, 6.07) is 0.413. The maximum Gasteiger partial charge on any atom is 0.317 e. The molecule has 1 heterocycles. The summed E-state index contributed by atoms with van der Waals surface area (Å²) in [5, 5.41) is 13.1. The highest BCUT2D eigenvalue weighted by molar-refractivity contribution is 5.74. The quantitative estimate of drug-likeness (QED) is 0.741. The van der Waals surface area contributed by atoms with E-state index in [1.807, 2.05) is 4.90 Å². The molecular formula is C17H32N2O3. The van der Waals surface area contributed by atoms with Crippen LogP contribution in [0.25, 0.3) is 0 Å². The molecule has 22 heavy (non-hydrogen) atoms. The summed E-state index contributed by atoms with van der Waals surface area (Å²) in [7, 11) is 1.70. The normalized spacial score (nSPS) is 26.9. The summed E-state index contributed by atoms with van der Waals surface area (Å²) >= 11 is 0. The van der Waals surface area contributed by atoms with E-state index in [0.29, 0.717) is 12.6 Å². The average molecular weight is 312 g/mol. The number of aliphatic hydroxyl groups is 1. The third-order valence-corrected chi connectivity index (χ3v) is 5.27. The van der Waals surface area contributed by atoms with Crippen molar-refractivity contribution in [3.63, 3.8) is 0 Å². The summed E-state index contributed by atoms with van der Waals surface area (Å²) < 4.78 is 5.12. The van der Waals surface area contributed by atoms with Gasteiger partial charge in [-0.2, -0.15) is 0 Å². The molecule has 1 atom stereocenters. The summed E-state index contributed by atoms with van der Waals surface area (Å²) in [5.41, 5.74) is -0.138. The first kappa shape index (κ1) is 17.5. The van der Waals surface area contributed by atoms with E-state index >= 15 is 0 Å². The Morgan fingerprint density at radius 1 is 1.32 bits per heavy atom. The molecule has 0 spiro atoms. The van der Waals surface area contributed by atoms with Crippen LogP contribution in [0.5, 0.6) is 0 Å². The molecule has 1 aliphatic carbocycles. The number of amides is 2. The van der Waals surface area contributed by atoms with Gasteiger partial charge in [-0.15, -0.1) is 0 Å². The Balaban J connectivity index is 1.85. The molecule has 0 radical (unpaired) electrons. The summed E-state index contributed by atoms with van der Waals surface area (Å²) in [4.78, 5) is 14.4. The molecule has 0 aromatic carbocycles. The predicted octanol–water partition coefficient (Wildman–Crippen LogP) is 2.53. The maximum atomic E-state index is 12.5. The second-order valence-corrected chi connectivity index (χ2v) is 7.06. The number of rotatable bonds is 6. The largest absolute Gasteiger partial charge is 0.396 e. The van der Waals surface area contributed by atoms with E-state index in [0.717, 1.165) is 51.7 Å². The molecule has 2 fully saturated rings. The van der Waals surface area contributed by atoms with Crippen LogP contribution in [0.15, 0.2) is 0 Å². The van der Waals surface area contributed by atoms with Crippen LogP contribution < -0.4 is 5.32 Å². The number of carbonyl (C=O) groups is 1. The van der Waals surface area contributed by atoms with Crippen molar-refractivity contribution in [2.45, 2.75) is 63.8 Å². The standard InChI is InChI=1S/C17H32N2O3/c1-22-12-6-10-17(14-20)9-5-11-19(13-17)16(21)18-15-7-3-2-4-8-15/h15,20H,2-14H2,1H3,(H,18,21)/t17-/m0/s1. The van der Waals surface area contributed by atoms with Gasteiger partial charge in [0.15, 0.2) is 0 Å². The molecule has 0 aromatic heterocycles. The van der Waals surface area contributed by atoms with Gasteiger partial charge in [-0.3, -0.25) is 0 Å². The van der Waals surface area contributed by atoms with Gasteiger partial charge in [0.25, 0.3) is 0 Å². The van der Waals surface area contributed by atoms with Crippen molar-refractivity contribution >= 4 is 6.03 Å². The van der Waals surface area contributed by atoms with Gasteiger partial charge in [0, 0.05) is 38.3 Å². The van der Waals surface area contributed by atoms with E-state index in [9.17, 15) is 9.90 Å². The Morgan fingerprint density at radius 3 is 2.77 bits per heavy atom. The molecule has 2 aliphatic rings. The Labute approximate surface area is 134 Å². The minimum Gasteiger partial charge on any atom is -0.396 e. The van der Waals surface area contributed by atoms with Gasteiger partial charge in [-0.05, 0) is 38.5 Å². The number of aliphatic hydroxyl groups excluding tert-OH is 1. The first-order valence-electron chi connectivity index (χ1n) is 8.84. The van der Waals surface area contributed by atoms with Crippen LogP contribution in [-0.4, -0.2) is 55.5 Å². The van der Waals surface area contributed by atoms with Crippen LogP contribution in [-0.2, 0) is 4.74 Å². The average Bonchev–Trinajstić information content (AvgIpc) is 2.56. The van der Waals surface area contributed by atoms with Crippen molar-refractivity contribution in [3.8, 4) is 0 Å². The molecular weight excluding hydrogens is 280 g/mol. The highest BCUT2D eigenvalue weighted by Gasteiger charge is 2.36. The zero-order valence-corrected chi connectivity index (χ0v) is 14.0. The molecule has 2 N–H and O–H groups in total. The first-order valence-corrected chi connectivity index (χ1v) is 8.84. The van der Waals surface area contributed by atoms with E-state index < -0.39 is 0 Å². The summed E-state index contributed by atoms with van der Waals surface area (Å²) in [6.45, 7) is 2.36. The highest BCUT2D eigenvalue weighted by atomic mass is 16.5. The van der Waals surface area contributed by atoms with Gasteiger partial charge in [0.05, 0.1) is 6.61 Å². The topological polar surface area (TPSA) is 61.8 Å². The second-order valence-electron chi connectivity index (χ2n) is 7.06. The maximum absolute atomic E-state index is 12.5. The fraction of sp³-hybridized carbons (Fsp3) is 0.941. The Kier molecular flexibility index (Phi) is 6.96.